The number of nitrogens with zero attached hydrogens (tertiary/aromatic N) is 1. The predicted molar refractivity (Wildman–Crippen MR) is 135 cm³/mol. The van der Waals surface area contributed by atoms with E-state index in [0.29, 0.717) is 42.4 Å². The molecule has 4 rings (SSSR count). The summed E-state index contributed by atoms with van der Waals surface area (Å²) < 4.78 is 11.1. The number of amides is 1. The van der Waals surface area contributed by atoms with Crippen LogP contribution in [-0.2, 0) is 16.0 Å². The molecule has 1 aliphatic rings. The van der Waals surface area contributed by atoms with Crippen molar-refractivity contribution in [1.29, 1.82) is 0 Å². The van der Waals surface area contributed by atoms with Gasteiger partial charge >= 0.3 is 0 Å². The van der Waals surface area contributed by atoms with Gasteiger partial charge in [0, 0.05) is 12.1 Å². The molecule has 6 heteroatoms. The van der Waals surface area contributed by atoms with Crippen LogP contribution in [0.25, 0.3) is 0 Å². The first kappa shape index (κ1) is 24.1. The van der Waals surface area contributed by atoms with Gasteiger partial charge in [0.05, 0.1) is 24.8 Å². The van der Waals surface area contributed by atoms with Gasteiger partial charge in [-0.05, 0) is 67.8 Å². The van der Waals surface area contributed by atoms with Gasteiger partial charge in [0.25, 0.3) is 5.91 Å². The van der Waals surface area contributed by atoms with E-state index in [9.17, 15) is 14.7 Å². The van der Waals surface area contributed by atoms with Crippen molar-refractivity contribution in [1.82, 2.24) is 0 Å². The van der Waals surface area contributed by atoms with E-state index in [-0.39, 0.29) is 17.8 Å². The first-order chi connectivity index (χ1) is 17.0. The third-order valence-electron chi connectivity index (χ3n) is 5.92. The maximum Gasteiger partial charge on any atom is 0.294 e. The Kier molecular flexibility index (Phi) is 7.51. The number of carbonyl (C=O) groups is 2. The van der Waals surface area contributed by atoms with Gasteiger partial charge < -0.3 is 14.6 Å². The zero-order valence-electron chi connectivity index (χ0n) is 19.9. The molecule has 1 aliphatic heterocycles. The molecule has 1 heterocycles. The van der Waals surface area contributed by atoms with Gasteiger partial charge in [-0.3, -0.25) is 14.5 Å². The Bertz CT molecular complexity index is 1200. The summed E-state index contributed by atoms with van der Waals surface area (Å²) in [4.78, 5) is 28.1. The van der Waals surface area contributed by atoms with Crippen LogP contribution in [0.4, 0.5) is 5.69 Å². The number of rotatable bonds is 10. The number of aliphatic hydroxyl groups is 1. The number of ketones is 1. The predicted octanol–water partition coefficient (Wildman–Crippen LogP) is 5.59. The van der Waals surface area contributed by atoms with Crippen molar-refractivity contribution in [2.75, 3.05) is 18.1 Å². The summed E-state index contributed by atoms with van der Waals surface area (Å²) >= 11 is 0. The molecule has 1 amide bonds. The van der Waals surface area contributed by atoms with Crippen molar-refractivity contribution < 1.29 is 24.2 Å². The molecule has 0 fully saturated rings. The molecule has 0 bridgehead atoms. The second-order valence-corrected chi connectivity index (χ2v) is 8.18. The molecule has 1 unspecified atom stereocenters. The van der Waals surface area contributed by atoms with E-state index in [1.807, 2.05) is 56.3 Å². The highest BCUT2D eigenvalue weighted by atomic mass is 16.5. The van der Waals surface area contributed by atoms with E-state index in [1.165, 1.54) is 4.90 Å². The number of anilines is 1. The molecule has 1 atom stereocenters. The molecule has 6 nitrogen and oxygen atoms in total. The normalized spacial score (nSPS) is 15.4. The van der Waals surface area contributed by atoms with Crippen LogP contribution in [0.1, 0.15) is 37.4 Å². The molecule has 35 heavy (non-hydrogen) atoms. The fraction of sp³-hybridized carbons (Fsp3) is 0.241. The minimum atomic E-state index is -0.751. The first-order valence-corrected chi connectivity index (χ1v) is 11.8. The van der Waals surface area contributed by atoms with Gasteiger partial charge in [0.1, 0.15) is 11.5 Å². The summed E-state index contributed by atoms with van der Waals surface area (Å²) in [7, 11) is 0. The number of hydrogen-bond acceptors (Lipinski definition) is 5. The fourth-order valence-corrected chi connectivity index (χ4v) is 4.29. The molecule has 1 N–H and O–H groups in total. The molecule has 180 valence electrons. The average molecular weight is 472 g/mol. The van der Waals surface area contributed by atoms with Gasteiger partial charge in [-0.25, -0.2) is 0 Å². The maximum absolute atomic E-state index is 13.4. The van der Waals surface area contributed by atoms with Crippen LogP contribution in [-0.4, -0.2) is 30.0 Å². The summed E-state index contributed by atoms with van der Waals surface area (Å²) in [6, 6.07) is 23.3. The number of ether oxygens (including phenoxy) is 2. The number of aliphatic hydroxyl groups excluding tert-OH is 1. The zero-order chi connectivity index (χ0) is 24.8. The molecule has 3 aromatic rings. The monoisotopic (exact) mass is 471 g/mol. The Hall–Kier alpha value is -4.06. The third-order valence-corrected chi connectivity index (χ3v) is 5.92. The Morgan fingerprint density at radius 3 is 2.00 bits per heavy atom. The number of carbonyl (C=O) groups excluding carboxylic acids is 2. The number of Topliss-reactive ketones (excluding diaryl/α,β-unsaturated/α-hetero) is 1. The average Bonchev–Trinajstić information content (AvgIpc) is 3.15. The molecule has 0 spiro atoms. The van der Waals surface area contributed by atoms with E-state index in [1.54, 1.807) is 36.4 Å². The van der Waals surface area contributed by atoms with E-state index in [2.05, 4.69) is 0 Å². The molecule has 0 saturated carbocycles. The Balaban J connectivity index is 1.69. The number of benzene rings is 3. The molecule has 0 saturated heterocycles. The summed E-state index contributed by atoms with van der Waals surface area (Å²) in [6.07, 6.45) is 0.699. The number of hydrogen-bond donors (Lipinski definition) is 1. The SMILES string of the molecule is CCOc1ccc(C2C(C(=O)CCc3ccccc3)=C(O)C(=O)N2c2ccc(OCC)cc2)cc1. The maximum atomic E-state index is 13.4. The largest absolute Gasteiger partial charge is 0.503 e. The summed E-state index contributed by atoms with van der Waals surface area (Å²) in [5, 5.41) is 10.9. The van der Waals surface area contributed by atoms with Crippen molar-refractivity contribution in [3.05, 3.63) is 101 Å². The second-order valence-electron chi connectivity index (χ2n) is 8.18. The Morgan fingerprint density at radius 1 is 0.857 bits per heavy atom. The second kappa shape index (κ2) is 10.9. The molecule has 0 aliphatic carbocycles. The first-order valence-electron chi connectivity index (χ1n) is 11.8. The summed E-state index contributed by atoms with van der Waals surface area (Å²) in [5.41, 5.74) is 2.41. The molecular formula is C29H29NO5. The molecule has 0 radical (unpaired) electrons. The van der Waals surface area contributed by atoms with Gasteiger partial charge in [-0.2, -0.15) is 0 Å². The van der Waals surface area contributed by atoms with Crippen LogP contribution < -0.4 is 14.4 Å². The minimum absolute atomic E-state index is 0.115. The van der Waals surface area contributed by atoms with E-state index in [0.717, 1.165) is 5.56 Å². The smallest absolute Gasteiger partial charge is 0.294 e. The van der Waals surface area contributed by atoms with Crippen LogP contribution in [0, 0.1) is 0 Å². The van der Waals surface area contributed by atoms with Crippen molar-refractivity contribution in [3.63, 3.8) is 0 Å². The Morgan fingerprint density at radius 2 is 1.43 bits per heavy atom. The van der Waals surface area contributed by atoms with Crippen LogP contribution in [0.3, 0.4) is 0 Å². The van der Waals surface area contributed by atoms with Gasteiger partial charge in [0.2, 0.25) is 0 Å². The lowest BCUT2D eigenvalue weighted by Gasteiger charge is -2.27. The van der Waals surface area contributed by atoms with Crippen molar-refractivity contribution >= 4 is 17.4 Å². The minimum Gasteiger partial charge on any atom is -0.503 e. The number of aryl methyl sites for hydroxylation is 1. The fourth-order valence-electron chi connectivity index (χ4n) is 4.29. The highest BCUT2D eigenvalue weighted by Crippen LogP contribution is 2.42. The highest BCUT2D eigenvalue weighted by Gasteiger charge is 2.44. The van der Waals surface area contributed by atoms with Crippen LogP contribution >= 0.6 is 0 Å². The van der Waals surface area contributed by atoms with Crippen molar-refractivity contribution in [2.45, 2.75) is 32.7 Å². The van der Waals surface area contributed by atoms with Gasteiger partial charge in [-0.15, -0.1) is 0 Å². The molecular weight excluding hydrogens is 442 g/mol. The lowest BCUT2D eigenvalue weighted by molar-refractivity contribution is -0.118. The van der Waals surface area contributed by atoms with Crippen LogP contribution in [0.15, 0.2) is 90.2 Å². The van der Waals surface area contributed by atoms with Gasteiger partial charge in [-0.1, -0.05) is 42.5 Å². The van der Waals surface area contributed by atoms with Crippen LogP contribution in [0.5, 0.6) is 11.5 Å². The third kappa shape index (κ3) is 5.22. The molecule has 0 aromatic heterocycles. The van der Waals surface area contributed by atoms with Crippen molar-refractivity contribution in [2.24, 2.45) is 0 Å². The standard InChI is InChI=1S/C29H29NO5/c1-3-34-23-15-11-21(12-16-23)27-26(25(31)19-10-20-8-6-5-7-9-20)28(32)29(33)30(27)22-13-17-24(18-14-22)35-4-2/h5-9,11-18,27,32H,3-4,10,19H2,1-2H3. The Labute approximate surface area is 205 Å². The van der Waals surface area contributed by atoms with E-state index < -0.39 is 17.7 Å². The topological polar surface area (TPSA) is 76.1 Å². The lowest BCUT2D eigenvalue weighted by Crippen LogP contribution is -2.31. The van der Waals surface area contributed by atoms with E-state index >= 15 is 0 Å². The zero-order valence-corrected chi connectivity index (χ0v) is 19.9. The van der Waals surface area contributed by atoms with Crippen LogP contribution in [0.2, 0.25) is 0 Å². The quantitative estimate of drug-likeness (QED) is 0.417. The summed E-state index contributed by atoms with van der Waals surface area (Å²) in [5.74, 6) is 0.00848. The summed E-state index contributed by atoms with van der Waals surface area (Å²) in [6.45, 7) is 4.86. The van der Waals surface area contributed by atoms with E-state index in [4.69, 9.17) is 9.47 Å². The molecule has 3 aromatic carbocycles. The lowest BCUT2D eigenvalue weighted by atomic mass is 9.93. The van der Waals surface area contributed by atoms with Crippen molar-refractivity contribution in [3.8, 4) is 11.5 Å². The highest BCUT2D eigenvalue weighted by molar-refractivity contribution is 6.16. The van der Waals surface area contributed by atoms with Gasteiger partial charge in [0.15, 0.2) is 11.5 Å².